The van der Waals surface area contributed by atoms with Crippen molar-refractivity contribution < 1.29 is 10.0 Å². The van der Waals surface area contributed by atoms with Gasteiger partial charge in [-0.2, -0.15) is 0 Å². The van der Waals surface area contributed by atoms with Gasteiger partial charge in [-0.25, -0.2) is 0 Å². The second kappa shape index (κ2) is 5.03. The van der Waals surface area contributed by atoms with Crippen LogP contribution in [0.1, 0.15) is 18.4 Å². The molecule has 108 valence electrons. The average Bonchev–Trinajstić information content (AvgIpc) is 3.21. The van der Waals surface area contributed by atoms with Crippen LogP contribution in [0.4, 0.5) is 11.4 Å². The monoisotopic (exact) mass is 276 g/mol. The number of nitrogens with two attached hydrogens (primary N) is 1. The van der Waals surface area contributed by atoms with Crippen molar-refractivity contribution in [3.8, 4) is 0 Å². The molecule has 6 heteroatoms. The molecule has 6 nitrogen and oxygen atoms in total. The Kier molecular flexibility index (Phi) is 3.57. The topological polar surface area (TPSA) is 91.0 Å². The van der Waals surface area contributed by atoms with Gasteiger partial charge in [-0.15, -0.1) is 0 Å². The number of carbonyl (C=O) groups excluding carboxylic acids is 1. The first kappa shape index (κ1) is 14.2. The van der Waals surface area contributed by atoms with E-state index in [0.29, 0.717) is 18.5 Å². The zero-order valence-electron chi connectivity index (χ0n) is 12.0. The molecule has 1 aromatic rings. The van der Waals surface area contributed by atoms with E-state index in [1.54, 1.807) is 0 Å². The van der Waals surface area contributed by atoms with E-state index < -0.39 is 5.41 Å². The van der Waals surface area contributed by atoms with Gasteiger partial charge in [-0.05, 0) is 37.5 Å². The van der Waals surface area contributed by atoms with Crippen molar-refractivity contribution in [2.45, 2.75) is 19.8 Å². The number of nitrogens with zero attached hydrogens (tertiary/aromatic N) is 2. The molecule has 0 aliphatic heterocycles. The van der Waals surface area contributed by atoms with E-state index in [9.17, 15) is 4.79 Å². The van der Waals surface area contributed by atoms with Gasteiger partial charge in [0.1, 0.15) is 5.41 Å². The van der Waals surface area contributed by atoms with Crippen LogP contribution >= 0.6 is 0 Å². The third-order valence-electron chi connectivity index (χ3n) is 3.73. The number of amides is 1. The van der Waals surface area contributed by atoms with Gasteiger partial charge in [0.25, 0.3) is 0 Å². The van der Waals surface area contributed by atoms with Gasteiger partial charge in [0.2, 0.25) is 5.91 Å². The fraction of sp³-hybridized carbons (Fsp3) is 0.429. The number of hydrogen-bond donors (Lipinski definition) is 3. The van der Waals surface area contributed by atoms with Gasteiger partial charge in [0.15, 0.2) is 5.84 Å². The van der Waals surface area contributed by atoms with Crippen LogP contribution in [-0.2, 0) is 4.79 Å². The minimum Gasteiger partial charge on any atom is -0.409 e. The third-order valence-corrected chi connectivity index (χ3v) is 3.73. The van der Waals surface area contributed by atoms with Crippen LogP contribution in [0.15, 0.2) is 23.4 Å². The lowest BCUT2D eigenvalue weighted by Gasteiger charge is -2.18. The van der Waals surface area contributed by atoms with Crippen LogP contribution in [0.2, 0.25) is 0 Å². The molecule has 0 bridgehead atoms. The fourth-order valence-electron chi connectivity index (χ4n) is 2.24. The Morgan fingerprint density at radius 3 is 2.60 bits per heavy atom. The van der Waals surface area contributed by atoms with E-state index in [1.807, 2.05) is 44.1 Å². The molecule has 1 fully saturated rings. The average molecular weight is 276 g/mol. The smallest absolute Gasteiger partial charge is 0.238 e. The van der Waals surface area contributed by atoms with E-state index in [4.69, 9.17) is 10.9 Å². The van der Waals surface area contributed by atoms with Crippen LogP contribution in [0.5, 0.6) is 0 Å². The van der Waals surface area contributed by atoms with Crippen LogP contribution < -0.4 is 16.0 Å². The highest BCUT2D eigenvalue weighted by Gasteiger charge is 2.54. The molecular weight excluding hydrogens is 256 g/mol. The molecule has 1 aliphatic rings. The molecule has 20 heavy (non-hydrogen) atoms. The van der Waals surface area contributed by atoms with Gasteiger partial charge >= 0.3 is 0 Å². The number of aryl methyl sites for hydroxylation is 1. The molecule has 0 saturated heterocycles. The summed E-state index contributed by atoms with van der Waals surface area (Å²) in [5.41, 5.74) is 7.64. The van der Waals surface area contributed by atoms with Crippen molar-refractivity contribution >= 4 is 23.1 Å². The van der Waals surface area contributed by atoms with Crippen LogP contribution in [0.3, 0.4) is 0 Å². The maximum absolute atomic E-state index is 12.3. The number of nitrogens with one attached hydrogen (secondary N) is 1. The predicted molar refractivity (Wildman–Crippen MR) is 79.2 cm³/mol. The molecule has 0 radical (unpaired) electrons. The summed E-state index contributed by atoms with van der Waals surface area (Å²) in [7, 11) is 3.90. The lowest BCUT2D eigenvalue weighted by atomic mass is 10.0. The number of hydrogen-bond acceptors (Lipinski definition) is 4. The minimum absolute atomic E-state index is 0.0186. The zero-order chi connectivity index (χ0) is 14.9. The minimum atomic E-state index is -0.835. The summed E-state index contributed by atoms with van der Waals surface area (Å²) in [6, 6.07) is 5.71. The van der Waals surface area contributed by atoms with E-state index >= 15 is 0 Å². The SMILES string of the molecule is Cc1ccc(NC(=O)C2(/C(N)=N/O)CC2)cc1N(C)C. The molecule has 1 saturated carbocycles. The van der Waals surface area contributed by atoms with Crippen LogP contribution in [0, 0.1) is 12.3 Å². The normalized spacial score (nSPS) is 16.6. The Labute approximate surface area is 118 Å². The summed E-state index contributed by atoms with van der Waals surface area (Å²) in [5.74, 6) is -0.240. The molecule has 1 aliphatic carbocycles. The van der Waals surface area contributed by atoms with Crippen LogP contribution in [-0.4, -0.2) is 31.0 Å². The third kappa shape index (κ3) is 2.41. The molecule has 0 spiro atoms. The summed E-state index contributed by atoms with van der Waals surface area (Å²) in [6.45, 7) is 2.01. The molecule has 2 rings (SSSR count). The summed E-state index contributed by atoms with van der Waals surface area (Å²) in [5, 5.41) is 14.6. The summed E-state index contributed by atoms with van der Waals surface area (Å²) in [4.78, 5) is 14.3. The number of anilines is 2. The largest absolute Gasteiger partial charge is 0.409 e. The maximum atomic E-state index is 12.3. The number of rotatable bonds is 4. The Bertz CT molecular complexity index is 562. The van der Waals surface area contributed by atoms with Crippen molar-refractivity contribution in [3.05, 3.63) is 23.8 Å². The molecular formula is C14H20N4O2. The van der Waals surface area contributed by atoms with E-state index in [-0.39, 0.29) is 11.7 Å². The maximum Gasteiger partial charge on any atom is 0.238 e. The Morgan fingerprint density at radius 2 is 2.10 bits per heavy atom. The van der Waals surface area contributed by atoms with E-state index in [1.165, 1.54) is 0 Å². The Hall–Kier alpha value is -2.24. The second-order valence-corrected chi connectivity index (χ2v) is 5.42. The quantitative estimate of drug-likeness (QED) is 0.336. The number of amidine groups is 1. The first-order chi connectivity index (χ1) is 9.40. The van der Waals surface area contributed by atoms with E-state index in [2.05, 4.69) is 10.5 Å². The van der Waals surface area contributed by atoms with Gasteiger partial charge in [-0.3, -0.25) is 4.79 Å². The van der Waals surface area contributed by atoms with Crippen molar-refractivity contribution in [2.75, 3.05) is 24.3 Å². The van der Waals surface area contributed by atoms with Gasteiger partial charge in [-0.1, -0.05) is 11.2 Å². The highest BCUT2D eigenvalue weighted by Crippen LogP contribution is 2.46. The van der Waals surface area contributed by atoms with Gasteiger partial charge in [0, 0.05) is 25.5 Å². The molecule has 1 aromatic carbocycles. The fourth-order valence-corrected chi connectivity index (χ4v) is 2.24. The number of oxime groups is 1. The molecule has 0 atom stereocenters. The van der Waals surface area contributed by atoms with Crippen molar-refractivity contribution in [2.24, 2.45) is 16.3 Å². The lowest BCUT2D eigenvalue weighted by molar-refractivity contribution is -0.119. The summed E-state index contributed by atoms with van der Waals surface area (Å²) in [6.07, 6.45) is 1.22. The van der Waals surface area contributed by atoms with Crippen molar-refractivity contribution in [1.82, 2.24) is 0 Å². The Morgan fingerprint density at radius 1 is 1.45 bits per heavy atom. The predicted octanol–water partition coefficient (Wildman–Crippen LogP) is 1.53. The second-order valence-electron chi connectivity index (χ2n) is 5.42. The first-order valence-electron chi connectivity index (χ1n) is 6.48. The molecule has 0 heterocycles. The highest BCUT2D eigenvalue weighted by atomic mass is 16.4. The van der Waals surface area contributed by atoms with Crippen molar-refractivity contribution in [3.63, 3.8) is 0 Å². The van der Waals surface area contributed by atoms with Gasteiger partial charge < -0.3 is 21.2 Å². The van der Waals surface area contributed by atoms with Crippen LogP contribution in [0.25, 0.3) is 0 Å². The molecule has 4 N–H and O–H groups in total. The summed E-state index contributed by atoms with van der Waals surface area (Å²) < 4.78 is 0. The van der Waals surface area contributed by atoms with Gasteiger partial charge in [0.05, 0.1) is 0 Å². The van der Waals surface area contributed by atoms with E-state index in [0.717, 1.165) is 11.3 Å². The molecule has 0 aromatic heterocycles. The molecule has 1 amide bonds. The zero-order valence-corrected chi connectivity index (χ0v) is 12.0. The Balaban J connectivity index is 2.19. The molecule has 0 unspecified atom stereocenters. The number of carbonyl (C=O) groups is 1. The number of benzene rings is 1. The first-order valence-corrected chi connectivity index (χ1v) is 6.48. The standard InChI is InChI=1S/C14H20N4O2/c1-9-4-5-10(8-11(9)18(2)3)16-13(19)14(6-7-14)12(15)17-20/h4-5,8,20H,6-7H2,1-3H3,(H2,15,17)(H,16,19). The van der Waals surface area contributed by atoms with Crippen molar-refractivity contribution in [1.29, 1.82) is 0 Å². The summed E-state index contributed by atoms with van der Waals surface area (Å²) >= 11 is 0. The lowest BCUT2D eigenvalue weighted by Crippen LogP contribution is -2.36. The highest BCUT2D eigenvalue weighted by molar-refractivity contribution is 6.14.